The molecular weight excluding hydrogens is 264 g/mol. The van der Waals surface area contributed by atoms with Gasteiger partial charge >= 0.3 is 6.09 Å². The molecule has 110 valence electrons. The average molecular weight is 284 g/mol. The zero-order valence-corrected chi connectivity index (χ0v) is 12.6. The molecule has 0 fully saturated rings. The fourth-order valence-electron chi connectivity index (χ4n) is 1.78. The Morgan fingerprint density at radius 2 is 1.86 bits per heavy atom. The largest absolute Gasteiger partial charge is 0.444 e. The minimum atomic E-state index is -0.505. The Bertz CT molecular complexity index is 586. The summed E-state index contributed by atoms with van der Waals surface area (Å²) in [6.07, 6.45) is 1.27. The van der Waals surface area contributed by atoms with Crippen LogP contribution in [0.5, 0.6) is 0 Å². The Kier molecular flexibility index (Phi) is 4.58. The van der Waals surface area contributed by atoms with Gasteiger partial charge in [-0.05, 0) is 22.6 Å². The number of pyridine rings is 1. The van der Waals surface area contributed by atoms with Crippen molar-refractivity contribution < 1.29 is 9.53 Å². The highest BCUT2D eigenvalue weighted by Gasteiger charge is 2.14. The zero-order valence-electron chi connectivity index (χ0n) is 12.6. The van der Waals surface area contributed by atoms with Gasteiger partial charge < -0.3 is 4.74 Å². The van der Waals surface area contributed by atoms with E-state index in [0.29, 0.717) is 5.82 Å². The van der Waals surface area contributed by atoms with Crippen molar-refractivity contribution in [1.82, 2.24) is 4.98 Å². The summed E-state index contributed by atoms with van der Waals surface area (Å²) in [5, 5.41) is 2.62. The summed E-state index contributed by atoms with van der Waals surface area (Å²) in [5.74, 6) is 0.487. The normalized spacial score (nSPS) is 11.0. The summed E-state index contributed by atoms with van der Waals surface area (Å²) in [7, 11) is 0. The van der Waals surface area contributed by atoms with E-state index < -0.39 is 6.09 Å². The lowest BCUT2D eigenvalue weighted by molar-refractivity contribution is 0.155. The fourth-order valence-corrected chi connectivity index (χ4v) is 1.78. The summed E-state index contributed by atoms with van der Waals surface area (Å²) >= 11 is 0. The number of nitrogens with zero attached hydrogens (tertiary/aromatic N) is 1. The molecule has 0 unspecified atom stereocenters. The maximum atomic E-state index is 11.7. The Morgan fingerprint density at radius 3 is 2.43 bits per heavy atom. The molecule has 1 N–H and O–H groups in total. The number of nitrogens with one attached hydrogen (secondary N) is 1. The number of anilines is 1. The van der Waals surface area contributed by atoms with Crippen molar-refractivity contribution in [2.75, 3.05) is 5.32 Å². The first-order valence-corrected chi connectivity index (χ1v) is 6.89. The summed E-state index contributed by atoms with van der Waals surface area (Å²) in [4.78, 5) is 15.9. The van der Waals surface area contributed by atoms with Crippen LogP contribution in [0.3, 0.4) is 0 Å². The second-order valence-electron chi connectivity index (χ2n) is 5.87. The van der Waals surface area contributed by atoms with E-state index in [-0.39, 0.29) is 12.0 Å². The zero-order chi connectivity index (χ0) is 15.3. The van der Waals surface area contributed by atoms with Crippen molar-refractivity contribution in [3.63, 3.8) is 0 Å². The standard InChI is InChI=1S/C17H20N2O2/c1-17(2,3)14-9-10-15(18-11-14)19-16(20)21-12-13-7-5-4-6-8-13/h4-11H,12H2,1-3H3,(H,18,19,20). The highest BCUT2D eigenvalue weighted by atomic mass is 16.5. The lowest BCUT2D eigenvalue weighted by atomic mass is 9.88. The van der Waals surface area contributed by atoms with E-state index in [4.69, 9.17) is 4.74 Å². The Balaban J connectivity index is 1.88. The second kappa shape index (κ2) is 6.39. The molecule has 2 rings (SSSR count). The smallest absolute Gasteiger partial charge is 0.413 e. The van der Waals surface area contributed by atoms with E-state index in [2.05, 4.69) is 31.1 Å². The van der Waals surface area contributed by atoms with Crippen LogP contribution in [0.2, 0.25) is 0 Å². The van der Waals surface area contributed by atoms with Gasteiger partial charge in [0.15, 0.2) is 0 Å². The van der Waals surface area contributed by atoms with Crippen LogP contribution >= 0.6 is 0 Å². The third kappa shape index (κ3) is 4.60. The van der Waals surface area contributed by atoms with Crippen molar-refractivity contribution in [1.29, 1.82) is 0 Å². The molecule has 0 spiro atoms. The van der Waals surface area contributed by atoms with Crippen molar-refractivity contribution in [2.45, 2.75) is 32.8 Å². The monoisotopic (exact) mass is 284 g/mol. The van der Waals surface area contributed by atoms with E-state index in [0.717, 1.165) is 11.1 Å². The van der Waals surface area contributed by atoms with E-state index >= 15 is 0 Å². The predicted molar refractivity (Wildman–Crippen MR) is 83.2 cm³/mol. The van der Waals surface area contributed by atoms with Gasteiger partial charge in [-0.25, -0.2) is 9.78 Å². The first-order chi connectivity index (χ1) is 9.95. The summed E-state index contributed by atoms with van der Waals surface area (Å²) in [5.41, 5.74) is 2.11. The third-order valence-corrected chi connectivity index (χ3v) is 3.07. The van der Waals surface area contributed by atoms with E-state index in [1.165, 1.54) is 0 Å². The van der Waals surface area contributed by atoms with Gasteiger partial charge in [-0.15, -0.1) is 0 Å². The third-order valence-electron chi connectivity index (χ3n) is 3.07. The molecule has 21 heavy (non-hydrogen) atoms. The SMILES string of the molecule is CC(C)(C)c1ccc(NC(=O)OCc2ccccc2)nc1. The lowest BCUT2D eigenvalue weighted by Gasteiger charge is -2.18. The molecule has 0 radical (unpaired) electrons. The molecule has 2 aromatic rings. The first kappa shape index (κ1) is 15.0. The molecule has 0 atom stereocenters. The molecule has 0 aliphatic rings. The van der Waals surface area contributed by atoms with Gasteiger partial charge in [-0.1, -0.05) is 57.2 Å². The number of ether oxygens (including phenoxy) is 1. The highest BCUT2D eigenvalue weighted by Crippen LogP contribution is 2.21. The summed E-state index contributed by atoms with van der Waals surface area (Å²) in [6, 6.07) is 13.3. The van der Waals surface area contributed by atoms with Crippen molar-refractivity contribution in [3.05, 3.63) is 59.8 Å². The van der Waals surface area contributed by atoms with Crippen molar-refractivity contribution in [2.24, 2.45) is 0 Å². The van der Waals surface area contributed by atoms with Crippen LogP contribution < -0.4 is 5.32 Å². The van der Waals surface area contributed by atoms with Crippen LogP contribution in [0.4, 0.5) is 10.6 Å². The minimum Gasteiger partial charge on any atom is -0.444 e. The van der Waals surface area contributed by atoms with E-state index in [1.54, 1.807) is 12.3 Å². The van der Waals surface area contributed by atoms with Crippen LogP contribution in [0.25, 0.3) is 0 Å². The number of hydrogen-bond acceptors (Lipinski definition) is 3. The first-order valence-electron chi connectivity index (χ1n) is 6.89. The van der Waals surface area contributed by atoms with Crippen LogP contribution in [0.1, 0.15) is 31.9 Å². The van der Waals surface area contributed by atoms with Crippen molar-refractivity contribution in [3.8, 4) is 0 Å². The number of carbonyl (C=O) groups is 1. The number of rotatable bonds is 3. The van der Waals surface area contributed by atoms with Crippen LogP contribution in [0.15, 0.2) is 48.7 Å². The maximum absolute atomic E-state index is 11.7. The fraction of sp³-hybridized carbons (Fsp3) is 0.294. The average Bonchev–Trinajstić information content (AvgIpc) is 2.46. The maximum Gasteiger partial charge on any atom is 0.413 e. The second-order valence-corrected chi connectivity index (χ2v) is 5.87. The number of amides is 1. The predicted octanol–water partition coefficient (Wildman–Crippen LogP) is 4.13. The van der Waals surface area contributed by atoms with Crippen LogP contribution in [-0.2, 0) is 16.8 Å². The van der Waals surface area contributed by atoms with Gasteiger partial charge in [0.25, 0.3) is 0 Å². The molecule has 4 nitrogen and oxygen atoms in total. The molecule has 4 heteroatoms. The number of benzene rings is 1. The minimum absolute atomic E-state index is 0.0410. The molecule has 0 bridgehead atoms. The Hall–Kier alpha value is -2.36. The lowest BCUT2D eigenvalue weighted by Crippen LogP contribution is -2.16. The number of hydrogen-bond donors (Lipinski definition) is 1. The van der Waals surface area contributed by atoms with Gasteiger partial charge in [-0.3, -0.25) is 5.32 Å². The summed E-state index contributed by atoms with van der Waals surface area (Å²) in [6.45, 7) is 6.59. The molecule has 1 amide bonds. The molecule has 1 aromatic carbocycles. The molecular formula is C17H20N2O2. The molecule has 1 aromatic heterocycles. The molecule has 0 aliphatic heterocycles. The van der Waals surface area contributed by atoms with Crippen molar-refractivity contribution >= 4 is 11.9 Å². The van der Waals surface area contributed by atoms with Gasteiger partial charge in [0.05, 0.1) is 0 Å². The Morgan fingerprint density at radius 1 is 1.14 bits per heavy atom. The number of carbonyl (C=O) groups excluding carboxylic acids is 1. The summed E-state index contributed by atoms with van der Waals surface area (Å²) < 4.78 is 5.14. The van der Waals surface area contributed by atoms with E-state index in [1.807, 2.05) is 36.4 Å². The van der Waals surface area contributed by atoms with Gasteiger partial charge in [0.2, 0.25) is 0 Å². The van der Waals surface area contributed by atoms with Gasteiger partial charge in [-0.2, -0.15) is 0 Å². The Labute approximate surface area is 125 Å². The molecule has 1 heterocycles. The topological polar surface area (TPSA) is 51.2 Å². The quantitative estimate of drug-likeness (QED) is 0.922. The van der Waals surface area contributed by atoms with Crippen LogP contribution in [0, 0.1) is 0 Å². The molecule has 0 saturated heterocycles. The van der Waals surface area contributed by atoms with Gasteiger partial charge in [0, 0.05) is 6.20 Å². The van der Waals surface area contributed by atoms with Gasteiger partial charge in [0.1, 0.15) is 12.4 Å². The molecule has 0 aliphatic carbocycles. The van der Waals surface area contributed by atoms with E-state index in [9.17, 15) is 4.79 Å². The van der Waals surface area contributed by atoms with Crippen LogP contribution in [-0.4, -0.2) is 11.1 Å². The number of aromatic nitrogens is 1. The molecule has 0 saturated carbocycles. The highest BCUT2D eigenvalue weighted by molar-refractivity contribution is 5.83.